The highest BCUT2D eigenvalue weighted by atomic mass is 35.5. The molecule has 25 heavy (non-hydrogen) atoms. The zero-order valence-corrected chi connectivity index (χ0v) is 15.5. The van der Waals surface area contributed by atoms with Crippen molar-refractivity contribution in [3.8, 4) is 0 Å². The maximum absolute atomic E-state index is 12.7. The van der Waals surface area contributed by atoms with E-state index in [2.05, 4.69) is 10.6 Å². The Bertz CT molecular complexity index is 659. The van der Waals surface area contributed by atoms with Gasteiger partial charge in [-0.1, -0.05) is 37.6 Å². The quantitative estimate of drug-likeness (QED) is 0.773. The number of hydrogen-bond donors (Lipinski definition) is 2. The van der Waals surface area contributed by atoms with Crippen LogP contribution in [0.4, 0.5) is 0 Å². The third-order valence-electron chi connectivity index (χ3n) is 4.04. The van der Waals surface area contributed by atoms with Crippen molar-refractivity contribution in [3.63, 3.8) is 0 Å². The molecule has 1 atom stereocenters. The third-order valence-corrected chi connectivity index (χ3v) is 4.37. The largest absolute Gasteiger partial charge is 0.352 e. The van der Waals surface area contributed by atoms with E-state index < -0.39 is 11.9 Å². The first-order valence-electron chi connectivity index (χ1n) is 8.39. The fraction of sp³-hybridized carbons (Fsp3) is 0.500. The molecule has 1 fully saturated rings. The van der Waals surface area contributed by atoms with Gasteiger partial charge in [0.2, 0.25) is 11.8 Å². The molecule has 1 unspecified atom stereocenters. The Morgan fingerprint density at radius 2 is 1.88 bits per heavy atom. The minimum absolute atomic E-state index is 0.0273. The van der Waals surface area contributed by atoms with Crippen molar-refractivity contribution in [2.45, 2.75) is 38.8 Å². The molecule has 0 spiro atoms. The number of amides is 3. The molecule has 1 saturated carbocycles. The van der Waals surface area contributed by atoms with Gasteiger partial charge in [-0.25, -0.2) is 0 Å². The van der Waals surface area contributed by atoms with Crippen LogP contribution < -0.4 is 10.6 Å². The molecule has 2 rings (SSSR count). The Hall–Kier alpha value is -2.08. The van der Waals surface area contributed by atoms with Gasteiger partial charge < -0.3 is 15.5 Å². The van der Waals surface area contributed by atoms with Crippen LogP contribution in [0.25, 0.3) is 0 Å². The molecule has 0 bridgehead atoms. The second kappa shape index (κ2) is 8.34. The Kier molecular flexibility index (Phi) is 6.42. The van der Waals surface area contributed by atoms with Crippen LogP contribution in [0.2, 0.25) is 5.02 Å². The Morgan fingerprint density at radius 3 is 2.44 bits per heavy atom. The molecule has 2 N–H and O–H groups in total. The summed E-state index contributed by atoms with van der Waals surface area (Å²) in [6.07, 6.45) is 1.98. The van der Waals surface area contributed by atoms with Crippen LogP contribution in [0, 0.1) is 5.92 Å². The van der Waals surface area contributed by atoms with Crippen molar-refractivity contribution in [3.05, 3.63) is 34.9 Å². The van der Waals surface area contributed by atoms with E-state index in [1.54, 1.807) is 31.3 Å². The molecule has 7 heteroatoms. The summed E-state index contributed by atoms with van der Waals surface area (Å²) in [5, 5.41) is 5.90. The Labute approximate surface area is 152 Å². The van der Waals surface area contributed by atoms with Crippen molar-refractivity contribution in [2.24, 2.45) is 5.92 Å². The van der Waals surface area contributed by atoms with Crippen molar-refractivity contribution in [1.82, 2.24) is 15.5 Å². The van der Waals surface area contributed by atoms with Gasteiger partial charge in [0.15, 0.2) is 0 Å². The molecule has 0 saturated heterocycles. The molecule has 0 heterocycles. The minimum atomic E-state index is -0.734. The number of benzene rings is 1. The first kappa shape index (κ1) is 19.2. The van der Waals surface area contributed by atoms with Gasteiger partial charge in [0, 0.05) is 13.1 Å². The maximum atomic E-state index is 12.7. The third kappa shape index (κ3) is 5.46. The van der Waals surface area contributed by atoms with Gasteiger partial charge >= 0.3 is 0 Å². The average molecular weight is 366 g/mol. The first-order chi connectivity index (χ1) is 11.8. The minimum Gasteiger partial charge on any atom is -0.352 e. The van der Waals surface area contributed by atoms with Crippen LogP contribution in [-0.4, -0.2) is 48.3 Å². The highest BCUT2D eigenvalue weighted by Gasteiger charge is 2.30. The van der Waals surface area contributed by atoms with Crippen LogP contribution in [0.5, 0.6) is 0 Å². The summed E-state index contributed by atoms with van der Waals surface area (Å²) in [7, 11) is 1.56. The van der Waals surface area contributed by atoms with Crippen LogP contribution in [0.15, 0.2) is 24.3 Å². The number of nitrogens with zero attached hydrogens (tertiary/aromatic N) is 1. The molecule has 136 valence electrons. The molecular weight excluding hydrogens is 342 g/mol. The van der Waals surface area contributed by atoms with E-state index in [4.69, 9.17) is 11.6 Å². The van der Waals surface area contributed by atoms with E-state index in [0.29, 0.717) is 10.6 Å². The normalized spacial score (nSPS) is 14.8. The summed E-state index contributed by atoms with van der Waals surface area (Å²) in [4.78, 5) is 38.3. The fourth-order valence-corrected chi connectivity index (χ4v) is 2.63. The Morgan fingerprint density at radius 1 is 1.24 bits per heavy atom. The molecular formula is C18H24ClN3O3. The summed E-state index contributed by atoms with van der Waals surface area (Å²) < 4.78 is 0. The molecule has 6 nitrogen and oxygen atoms in total. The second-order valence-electron chi connectivity index (χ2n) is 6.71. The van der Waals surface area contributed by atoms with Gasteiger partial charge in [0.05, 0.1) is 17.1 Å². The zero-order valence-electron chi connectivity index (χ0n) is 14.7. The lowest BCUT2D eigenvalue weighted by atomic mass is 10.0. The molecule has 0 radical (unpaired) electrons. The molecule has 0 aromatic heterocycles. The first-order valence-corrected chi connectivity index (χ1v) is 8.77. The smallest absolute Gasteiger partial charge is 0.253 e. The summed E-state index contributed by atoms with van der Waals surface area (Å²) in [6.45, 7) is 3.65. The van der Waals surface area contributed by atoms with Gasteiger partial charge in [-0.05, 0) is 30.9 Å². The van der Waals surface area contributed by atoms with Crippen LogP contribution in [0.1, 0.15) is 37.0 Å². The summed E-state index contributed by atoms with van der Waals surface area (Å²) in [6, 6.07) is 6.18. The fourth-order valence-electron chi connectivity index (χ4n) is 2.41. The lowest BCUT2D eigenvalue weighted by molar-refractivity contribution is -0.137. The number of rotatable bonds is 7. The molecule has 3 amide bonds. The number of nitrogens with one attached hydrogen (secondary N) is 2. The van der Waals surface area contributed by atoms with Gasteiger partial charge in [-0.2, -0.15) is 0 Å². The van der Waals surface area contributed by atoms with Gasteiger partial charge in [-0.15, -0.1) is 0 Å². The van der Waals surface area contributed by atoms with Gasteiger partial charge in [0.1, 0.15) is 6.04 Å². The highest BCUT2D eigenvalue weighted by Crippen LogP contribution is 2.18. The molecule has 1 aliphatic rings. The molecule has 1 aliphatic carbocycles. The van der Waals surface area contributed by atoms with Crippen molar-refractivity contribution >= 4 is 29.3 Å². The summed E-state index contributed by atoms with van der Waals surface area (Å²) in [5.41, 5.74) is 0.316. The topological polar surface area (TPSA) is 78.5 Å². The standard InChI is InChI=1S/C18H24ClN3O3/c1-11(2)16(21-17(24)13-6-4-5-7-14(13)19)18(25)22(3)10-15(23)20-12-8-9-12/h4-7,11-12,16H,8-10H2,1-3H3,(H,20,23)(H,21,24). The predicted octanol–water partition coefficient (Wildman–Crippen LogP) is 1.83. The van der Waals surface area contributed by atoms with E-state index in [0.717, 1.165) is 12.8 Å². The maximum Gasteiger partial charge on any atom is 0.253 e. The number of halogens is 1. The van der Waals surface area contributed by atoms with Crippen molar-refractivity contribution < 1.29 is 14.4 Å². The average Bonchev–Trinajstić information content (AvgIpc) is 3.35. The van der Waals surface area contributed by atoms with E-state index >= 15 is 0 Å². The lowest BCUT2D eigenvalue weighted by Crippen LogP contribution is -2.52. The second-order valence-corrected chi connectivity index (χ2v) is 7.12. The number of hydrogen-bond acceptors (Lipinski definition) is 3. The molecule has 0 aliphatic heterocycles. The van der Waals surface area contributed by atoms with E-state index in [1.807, 2.05) is 13.8 Å². The summed E-state index contributed by atoms with van der Waals surface area (Å²) in [5.74, 6) is -1.03. The lowest BCUT2D eigenvalue weighted by Gasteiger charge is -2.27. The van der Waals surface area contributed by atoms with Gasteiger partial charge in [0.25, 0.3) is 5.91 Å². The SMILES string of the molecule is CC(C)C(NC(=O)c1ccccc1Cl)C(=O)N(C)CC(=O)NC1CC1. The van der Waals surface area contributed by atoms with Crippen LogP contribution >= 0.6 is 11.6 Å². The van der Waals surface area contributed by atoms with E-state index in [9.17, 15) is 14.4 Å². The van der Waals surface area contributed by atoms with E-state index in [1.165, 1.54) is 4.90 Å². The van der Waals surface area contributed by atoms with Crippen molar-refractivity contribution in [1.29, 1.82) is 0 Å². The summed E-state index contributed by atoms with van der Waals surface area (Å²) >= 11 is 6.04. The number of likely N-dealkylation sites (N-methyl/N-ethyl adjacent to an activating group) is 1. The number of carbonyl (C=O) groups is 3. The molecule has 1 aromatic rings. The monoisotopic (exact) mass is 365 g/mol. The Balaban J connectivity index is 2.00. The van der Waals surface area contributed by atoms with Crippen LogP contribution in [0.3, 0.4) is 0 Å². The van der Waals surface area contributed by atoms with E-state index in [-0.39, 0.29) is 30.3 Å². The van der Waals surface area contributed by atoms with Gasteiger partial charge in [-0.3, -0.25) is 14.4 Å². The van der Waals surface area contributed by atoms with Crippen molar-refractivity contribution in [2.75, 3.05) is 13.6 Å². The number of carbonyl (C=O) groups excluding carboxylic acids is 3. The van der Waals surface area contributed by atoms with Crippen LogP contribution in [-0.2, 0) is 9.59 Å². The molecule has 1 aromatic carbocycles. The zero-order chi connectivity index (χ0) is 18.6. The highest BCUT2D eigenvalue weighted by molar-refractivity contribution is 6.33. The predicted molar refractivity (Wildman–Crippen MR) is 96.3 cm³/mol.